The summed E-state index contributed by atoms with van der Waals surface area (Å²) in [6.45, 7) is 7.23. The number of aromatic nitrogens is 2. The standard InChI is InChI=1S/C13H22N4/c1-13(2,3)15-8-10-7-14-9-12(16-10)17(4)11-5-6-11/h7,9,11,15H,5-6,8H2,1-4H3. The molecule has 0 spiro atoms. The molecule has 0 aromatic carbocycles. The molecule has 1 aromatic rings. The maximum Gasteiger partial charge on any atom is 0.147 e. The van der Waals surface area contributed by atoms with E-state index in [-0.39, 0.29) is 5.54 Å². The van der Waals surface area contributed by atoms with Crippen molar-refractivity contribution < 1.29 is 0 Å². The van der Waals surface area contributed by atoms with Crippen molar-refractivity contribution >= 4 is 5.82 Å². The molecule has 0 amide bonds. The Morgan fingerprint density at radius 3 is 2.65 bits per heavy atom. The van der Waals surface area contributed by atoms with Crippen molar-refractivity contribution in [1.29, 1.82) is 0 Å². The lowest BCUT2D eigenvalue weighted by Gasteiger charge is -2.21. The molecule has 0 atom stereocenters. The fourth-order valence-electron chi connectivity index (χ4n) is 1.65. The van der Waals surface area contributed by atoms with Crippen LogP contribution in [0.1, 0.15) is 39.3 Å². The van der Waals surface area contributed by atoms with E-state index in [0.29, 0.717) is 6.04 Å². The largest absolute Gasteiger partial charge is 0.355 e. The average Bonchev–Trinajstić information content (AvgIpc) is 3.09. The van der Waals surface area contributed by atoms with Gasteiger partial charge in [-0.3, -0.25) is 4.98 Å². The first-order valence-electron chi connectivity index (χ1n) is 6.24. The van der Waals surface area contributed by atoms with Crippen LogP contribution in [0.4, 0.5) is 5.82 Å². The van der Waals surface area contributed by atoms with Crippen molar-refractivity contribution in [2.24, 2.45) is 0 Å². The third-order valence-electron chi connectivity index (χ3n) is 2.93. The molecule has 0 saturated heterocycles. The summed E-state index contributed by atoms with van der Waals surface area (Å²) < 4.78 is 0. The molecular formula is C13H22N4. The Labute approximate surface area is 103 Å². The Balaban J connectivity index is 2.01. The molecule has 4 nitrogen and oxygen atoms in total. The van der Waals surface area contributed by atoms with Gasteiger partial charge in [0.05, 0.1) is 11.9 Å². The number of hydrogen-bond acceptors (Lipinski definition) is 4. The van der Waals surface area contributed by atoms with Crippen LogP contribution in [0, 0.1) is 0 Å². The minimum atomic E-state index is 0.111. The van der Waals surface area contributed by atoms with E-state index in [1.54, 1.807) is 0 Å². The second kappa shape index (κ2) is 4.61. The smallest absolute Gasteiger partial charge is 0.147 e. The summed E-state index contributed by atoms with van der Waals surface area (Å²) in [7, 11) is 2.10. The van der Waals surface area contributed by atoms with Gasteiger partial charge in [0.25, 0.3) is 0 Å². The van der Waals surface area contributed by atoms with Crippen LogP contribution >= 0.6 is 0 Å². The van der Waals surface area contributed by atoms with Gasteiger partial charge in [-0.1, -0.05) is 0 Å². The molecule has 1 fully saturated rings. The third-order valence-corrected chi connectivity index (χ3v) is 2.93. The molecule has 0 aliphatic heterocycles. The van der Waals surface area contributed by atoms with E-state index in [2.05, 4.69) is 48.0 Å². The molecule has 1 aromatic heterocycles. The molecular weight excluding hydrogens is 212 g/mol. The van der Waals surface area contributed by atoms with E-state index < -0.39 is 0 Å². The second-order valence-electron chi connectivity index (χ2n) is 5.81. The zero-order valence-electron chi connectivity index (χ0n) is 11.2. The van der Waals surface area contributed by atoms with Crippen LogP contribution in [0.2, 0.25) is 0 Å². The quantitative estimate of drug-likeness (QED) is 0.864. The van der Waals surface area contributed by atoms with Gasteiger partial charge in [-0.25, -0.2) is 4.98 Å². The van der Waals surface area contributed by atoms with E-state index in [4.69, 9.17) is 0 Å². The van der Waals surface area contributed by atoms with Gasteiger partial charge < -0.3 is 10.2 Å². The lowest BCUT2D eigenvalue weighted by Crippen LogP contribution is -2.35. The summed E-state index contributed by atoms with van der Waals surface area (Å²) in [5.41, 5.74) is 1.12. The normalized spacial score (nSPS) is 16.0. The summed E-state index contributed by atoms with van der Waals surface area (Å²) in [4.78, 5) is 11.1. The van der Waals surface area contributed by atoms with Crippen molar-refractivity contribution in [3.63, 3.8) is 0 Å². The maximum absolute atomic E-state index is 4.64. The van der Waals surface area contributed by atoms with Gasteiger partial charge in [0, 0.05) is 31.4 Å². The predicted molar refractivity (Wildman–Crippen MR) is 70.0 cm³/mol. The molecule has 1 aliphatic rings. The SMILES string of the molecule is CN(c1cncc(CNC(C)(C)C)n1)C1CC1. The first-order valence-corrected chi connectivity index (χ1v) is 6.24. The highest BCUT2D eigenvalue weighted by atomic mass is 15.2. The Kier molecular flexibility index (Phi) is 3.33. The highest BCUT2D eigenvalue weighted by molar-refractivity contribution is 5.38. The zero-order valence-corrected chi connectivity index (χ0v) is 11.2. The average molecular weight is 234 g/mol. The summed E-state index contributed by atoms with van der Waals surface area (Å²) in [6.07, 6.45) is 6.24. The van der Waals surface area contributed by atoms with Crippen molar-refractivity contribution in [1.82, 2.24) is 15.3 Å². The fraction of sp³-hybridized carbons (Fsp3) is 0.692. The molecule has 1 aliphatic carbocycles. The van der Waals surface area contributed by atoms with E-state index in [1.807, 2.05) is 12.4 Å². The molecule has 17 heavy (non-hydrogen) atoms. The highest BCUT2D eigenvalue weighted by Crippen LogP contribution is 2.28. The Bertz CT molecular complexity index is 379. The minimum Gasteiger partial charge on any atom is -0.355 e. The first kappa shape index (κ1) is 12.3. The van der Waals surface area contributed by atoms with Crippen molar-refractivity contribution in [3.8, 4) is 0 Å². The van der Waals surface area contributed by atoms with Gasteiger partial charge in [-0.15, -0.1) is 0 Å². The molecule has 1 N–H and O–H groups in total. The van der Waals surface area contributed by atoms with Gasteiger partial charge in [-0.05, 0) is 33.6 Å². The van der Waals surface area contributed by atoms with E-state index in [0.717, 1.165) is 18.1 Å². The number of nitrogens with zero attached hydrogens (tertiary/aromatic N) is 3. The van der Waals surface area contributed by atoms with Crippen molar-refractivity contribution in [3.05, 3.63) is 18.1 Å². The van der Waals surface area contributed by atoms with E-state index in [9.17, 15) is 0 Å². The minimum absolute atomic E-state index is 0.111. The van der Waals surface area contributed by atoms with Crippen molar-refractivity contribution in [2.45, 2.75) is 51.7 Å². The maximum atomic E-state index is 4.64. The van der Waals surface area contributed by atoms with Crippen LogP contribution in [0.3, 0.4) is 0 Å². The van der Waals surface area contributed by atoms with Gasteiger partial charge >= 0.3 is 0 Å². The number of rotatable bonds is 4. The van der Waals surface area contributed by atoms with Crippen LogP contribution in [-0.2, 0) is 6.54 Å². The fourth-order valence-corrected chi connectivity index (χ4v) is 1.65. The van der Waals surface area contributed by atoms with Crippen LogP contribution in [0.5, 0.6) is 0 Å². The van der Waals surface area contributed by atoms with Gasteiger partial charge in [-0.2, -0.15) is 0 Å². The Morgan fingerprint density at radius 1 is 1.35 bits per heavy atom. The first-order chi connectivity index (χ1) is 7.96. The van der Waals surface area contributed by atoms with Gasteiger partial charge in [0.15, 0.2) is 0 Å². The number of nitrogens with one attached hydrogen (secondary N) is 1. The van der Waals surface area contributed by atoms with Crippen LogP contribution in [-0.4, -0.2) is 28.6 Å². The zero-order chi connectivity index (χ0) is 12.5. The number of anilines is 1. The molecule has 2 rings (SSSR count). The van der Waals surface area contributed by atoms with E-state index in [1.165, 1.54) is 12.8 Å². The van der Waals surface area contributed by atoms with Crippen LogP contribution in [0.25, 0.3) is 0 Å². The summed E-state index contributed by atoms with van der Waals surface area (Å²) >= 11 is 0. The van der Waals surface area contributed by atoms with Crippen molar-refractivity contribution in [2.75, 3.05) is 11.9 Å². The lowest BCUT2D eigenvalue weighted by atomic mass is 10.1. The molecule has 1 heterocycles. The van der Waals surface area contributed by atoms with Crippen LogP contribution < -0.4 is 10.2 Å². The highest BCUT2D eigenvalue weighted by Gasteiger charge is 2.27. The Hall–Kier alpha value is -1.16. The van der Waals surface area contributed by atoms with Gasteiger partial charge in [0.1, 0.15) is 5.82 Å². The summed E-state index contributed by atoms with van der Waals surface area (Å²) in [5, 5.41) is 3.43. The molecule has 1 saturated carbocycles. The monoisotopic (exact) mass is 234 g/mol. The van der Waals surface area contributed by atoms with Crippen LogP contribution in [0.15, 0.2) is 12.4 Å². The second-order valence-corrected chi connectivity index (χ2v) is 5.81. The summed E-state index contributed by atoms with van der Waals surface area (Å²) in [5.74, 6) is 0.987. The third kappa shape index (κ3) is 3.66. The Morgan fingerprint density at radius 2 is 2.06 bits per heavy atom. The molecule has 0 bridgehead atoms. The number of hydrogen-bond donors (Lipinski definition) is 1. The lowest BCUT2D eigenvalue weighted by molar-refractivity contribution is 0.421. The molecule has 94 valence electrons. The molecule has 0 radical (unpaired) electrons. The molecule has 0 unspecified atom stereocenters. The van der Waals surface area contributed by atoms with Gasteiger partial charge in [0.2, 0.25) is 0 Å². The topological polar surface area (TPSA) is 41.1 Å². The van der Waals surface area contributed by atoms with E-state index >= 15 is 0 Å². The predicted octanol–water partition coefficient (Wildman–Crippen LogP) is 1.96. The molecule has 4 heteroatoms. The summed E-state index contributed by atoms with van der Waals surface area (Å²) in [6, 6.07) is 0.676.